The molecule has 31 heavy (non-hydrogen) atoms. The van der Waals surface area contributed by atoms with Crippen molar-refractivity contribution in [3.63, 3.8) is 0 Å². The maximum Gasteiger partial charge on any atom is 0.433 e. The predicted octanol–water partition coefficient (Wildman–Crippen LogP) is 3.85. The van der Waals surface area contributed by atoms with E-state index in [9.17, 15) is 18.0 Å². The van der Waals surface area contributed by atoms with Crippen LogP contribution in [0.2, 0.25) is 0 Å². The van der Waals surface area contributed by atoms with Crippen molar-refractivity contribution >= 4 is 11.7 Å². The Hall–Kier alpha value is -3.43. The lowest BCUT2D eigenvalue weighted by molar-refractivity contribution is -0.142. The molecule has 0 saturated heterocycles. The number of allylic oxidation sites excluding steroid dienone is 1. The Morgan fingerprint density at radius 3 is 2.68 bits per heavy atom. The molecule has 0 bridgehead atoms. The Morgan fingerprint density at radius 2 is 2.06 bits per heavy atom. The molecule has 1 saturated carbocycles. The van der Waals surface area contributed by atoms with Gasteiger partial charge < -0.3 is 11.1 Å². The highest BCUT2D eigenvalue weighted by Crippen LogP contribution is 2.32. The molecule has 2 aromatic rings. The summed E-state index contributed by atoms with van der Waals surface area (Å²) in [6.45, 7) is 3.53. The summed E-state index contributed by atoms with van der Waals surface area (Å²) in [6, 6.07) is 4.11. The fourth-order valence-corrected chi connectivity index (χ4v) is 3.38. The molecule has 164 valence electrons. The van der Waals surface area contributed by atoms with Crippen LogP contribution in [-0.4, -0.2) is 26.5 Å². The number of halogens is 3. The third-order valence-corrected chi connectivity index (χ3v) is 4.94. The summed E-state index contributed by atoms with van der Waals surface area (Å²) in [4.78, 5) is 20.1. The number of pyridine rings is 1. The number of hydrogen-bond donors (Lipinski definition) is 2. The quantitative estimate of drug-likeness (QED) is 0.554. The second kappa shape index (κ2) is 9.59. The van der Waals surface area contributed by atoms with Crippen LogP contribution < -0.4 is 11.1 Å². The molecule has 1 aliphatic rings. The molecule has 0 spiro atoms. The van der Waals surface area contributed by atoms with Gasteiger partial charge in [0.1, 0.15) is 5.82 Å². The van der Waals surface area contributed by atoms with Gasteiger partial charge in [-0.25, -0.2) is 9.67 Å². The third-order valence-electron chi connectivity index (χ3n) is 4.94. The average Bonchev–Trinajstić information content (AvgIpc) is 3.21. The van der Waals surface area contributed by atoms with Crippen molar-refractivity contribution in [3.8, 4) is 11.3 Å². The molecule has 1 amide bonds. The Bertz CT molecular complexity index is 988. The molecule has 10 heteroatoms. The molecule has 7 nitrogen and oxygen atoms in total. The normalized spacial score (nSPS) is 16.2. The molecule has 0 aliphatic heterocycles. The summed E-state index contributed by atoms with van der Waals surface area (Å²) in [7, 11) is 0. The third kappa shape index (κ3) is 5.59. The van der Waals surface area contributed by atoms with Crippen molar-refractivity contribution in [2.75, 3.05) is 0 Å². The maximum atomic E-state index is 13.6. The van der Waals surface area contributed by atoms with Crippen LogP contribution in [0.25, 0.3) is 11.3 Å². The number of alkyl halides is 3. The van der Waals surface area contributed by atoms with Gasteiger partial charge in [0.15, 0.2) is 11.5 Å². The van der Waals surface area contributed by atoms with Gasteiger partial charge >= 0.3 is 6.18 Å². The van der Waals surface area contributed by atoms with Crippen molar-refractivity contribution in [1.29, 1.82) is 0 Å². The molecular weight excluding hydrogens is 409 g/mol. The topological polar surface area (TPSA) is 98.2 Å². The van der Waals surface area contributed by atoms with Gasteiger partial charge in [-0.2, -0.15) is 18.3 Å². The summed E-state index contributed by atoms with van der Waals surface area (Å²) in [5, 5.41) is 6.58. The largest absolute Gasteiger partial charge is 0.433 e. The number of hydrogen-bond acceptors (Lipinski definition) is 5. The number of nitrogens with one attached hydrogen (secondary N) is 1. The number of aliphatic imine (C=N–C) groups is 1. The van der Waals surface area contributed by atoms with Gasteiger partial charge in [-0.05, 0) is 37.1 Å². The van der Waals surface area contributed by atoms with E-state index in [2.05, 4.69) is 27.0 Å². The standard InChI is InChI=1S/C21H23F3N6O/c1-2-19(27-13-18(25)28-20(31)14-7-4-3-5-8-14)30-17(21(22,23)24)11-16(29-30)15-9-6-10-26-12-15/h2,6,9-14H,1,3-5,7-8,25H2,(H,28,31)/b18-13+,27-19+. The molecular formula is C21H23F3N6O. The summed E-state index contributed by atoms with van der Waals surface area (Å²) in [5.74, 6) is -0.591. The predicted molar refractivity (Wildman–Crippen MR) is 110 cm³/mol. The number of carbonyl (C=O) groups is 1. The smallest absolute Gasteiger partial charge is 0.384 e. The van der Waals surface area contributed by atoms with Crippen LogP contribution in [0.3, 0.4) is 0 Å². The van der Waals surface area contributed by atoms with Crippen LogP contribution in [0, 0.1) is 5.92 Å². The summed E-state index contributed by atoms with van der Waals surface area (Å²) < 4.78 is 41.4. The first kappa shape index (κ1) is 22.3. The van der Waals surface area contributed by atoms with Crippen LogP contribution in [0.5, 0.6) is 0 Å². The second-order valence-electron chi connectivity index (χ2n) is 7.17. The second-order valence-corrected chi connectivity index (χ2v) is 7.17. The zero-order valence-electron chi connectivity index (χ0n) is 16.8. The lowest BCUT2D eigenvalue weighted by Crippen LogP contribution is -2.34. The first-order valence-electron chi connectivity index (χ1n) is 9.84. The van der Waals surface area contributed by atoms with Gasteiger partial charge in [0.25, 0.3) is 0 Å². The summed E-state index contributed by atoms with van der Waals surface area (Å²) in [5.41, 5.74) is 5.29. The highest BCUT2D eigenvalue weighted by molar-refractivity contribution is 5.95. The molecule has 3 rings (SSSR count). The molecule has 2 aromatic heterocycles. The maximum absolute atomic E-state index is 13.6. The van der Waals surface area contributed by atoms with Gasteiger partial charge in [-0.1, -0.05) is 25.8 Å². The number of nitrogens with zero attached hydrogens (tertiary/aromatic N) is 4. The Balaban J connectivity index is 1.87. The molecule has 0 atom stereocenters. The van der Waals surface area contributed by atoms with E-state index in [-0.39, 0.29) is 29.2 Å². The minimum absolute atomic E-state index is 0.0666. The fourth-order valence-electron chi connectivity index (χ4n) is 3.38. The number of rotatable bonds is 5. The SMILES string of the molecule is C=C/C(=N\C=C(/N)NC(=O)C1CCCCC1)n1nc(-c2cccnc2)cc1C(F)(F)F. The first-order chi connectivity index (χ1) is 14.8. The van der Waals surface area contributed by atoms with E-state index in [4.69, 9.17) is 5.73 Å². The van der Waals surface area contributed by atoms with Gasteiger partial charge in [0, 0.05) is 23.9 Å². The molecule has 0 unspecified atom stereocenters. The first-order valence-corrected chi connectivity index (χ1v) is 9.84. The van der Waals surface area contributed by atoms with Crippen molar-refractivity contribution < 1.29 is 18.0 Å². The van der Waals surface area contributed by atoms with Gasteiger partial charge in [0.05, 0.1) is 11.9 Å². The summed E-state index contributed by atoms with van der Waals surface area (Å²) >= 11 is 0. The molecule has 0 aromatic carbocycles. The molecule has 0 radical (unpaired) electrons. The van der Waals surface area contributed by atoms with Crippen LogP contribution in [0.1, 0.15) is 37.8 Å². The van der Waals surface area contributed by atoms with E-state index < -0.39 is 11.9 Å². The van der Waals surface area contributed by atoms with E-state index in [0.29, 0.717) is 10.2 Å². The van der Waals surface area contributed by atoms with E-state index >= 15 is 0 Å². The number of carbonyl (C=O) groups excluding carboxylic acids is 1. The van der Waals surface area contributed by atoms with E-state index in [1.54, 1.807) is 12.1 Å². The minimum Gasteiger partial charge on any atom is -0.384 e. The highest BCUT2D eigenvalue weighted by atomic mass is 19.4. The molecule has 1 fully saturated rings. The number of aromatic nitrogens is 3. The van der Waals surface area contributed by atoms with E-state index in [1.807, 2.05) is 0 Å². The molecule has 3 N–H and O–H groups in total. The monoisotopic (exact) mass is 432 g/mol. The van der Waals surface area contributed by atoms with Crippen molar-refractivity contribution in [1.82, 2.24) is 20.1 Å². The lowest BCUT2D eigenvalue weighted by atomic mass is 9.89. The van der Waals surface area contributed by atoms with Crippen LogP contribution in [-0.2, 0) is 11.0 Å². The number of nitrogens with two attached hydrogens (primary N) is 1. The lowest BCUT2D eigenvalue weighted by Gasteiger charge is -2.20. The van der Waals surface area contributed by atoms with E-state index in [1.165, 1.54) is 12.4 Å². The van der Waals surface area contributed by atoms with Gasteiger partial charge in [0.2, 0.25) is 5.91 Å². The molecule has 1 aliphatic carbocycles. The fraction of sp³-hybridized carbons (Fsp3) is 0.333. The van der Waals surface area contributed by atoms with Crippen LogP contribution in [0.15, 0.2) is 60.3 Å². The van der Waals surface area contributed by atoms with Crippen LogP contribution >= 0.6 is 0 Å². The highest BCUT2D eigenvalue weighted by Gasteiger charge is 2.37. The molecule has 2 heterocycles. The van der Waals surface area contributed by atoms with Crippen molar-refractivity contribution in [2.24, 2.45) is 16.6 Å². The van der Waals surface area contributed by atoms with Crippen LogP contribution in [0.4, 0.5) is 13.2 Å². The van der Waals surface area contributed by atoms with Gasteiger partial charge in [-0.3, -0.25) is 9.78 Å². The van der Waals surface area contributed by atoms with Gasteiger partial charge in [-0.15, -0.1) is 0 Å². The van der Waals surface area contributed by atoms with Crippen molar-refractivity contribution in [3.05, 3.63) is 61.0 Å². The Morgan fingerprint density at radius 1 is 1.32 bits per heavy atom. The van der Waals surface area contributed by atoms with E-state index in [0.717, 1.165) is 50.4 Å². The number of amides is 1. The Labute approximate surface area is 177 Å². The average molecular weight is 432 g/mol. The Kier molecular flexibility index (Phi) is 6.88. The van der Waals surface area contributed by atoms with Crippen molar-refractivity contribution in [2.45, 2.75) is 38.3 Å². The zero-order valence-corrected chi connectivity index (χ0v) is 16.8. The zero-order chi connectivity index (χ0) is 22.4. The minimum atomic E-state index is -4.68. The summed E-state index contributed by atoms with van der Waals surface area (Å²) in [6.07, 6.45) is 5.12.